The van der Waals surface area contributed by atoms with Crippen LogP contribution in [-0.2, 0) is 9.59 Å². The number of rotatable bonds is 4. The van der Waals surface area contributed by atoms with Gasteiger partial charge in [-0.15, -0.1) is 0 Å². The first-order valence-electron chi connectivity index (χ1n) is 8.33. The van der Waals surface area contributed by atoms with Gasteiger partial charge in [-0.1, -0.05) is 19.3 Å². The summed E-state index contributed by atoms with van der Waals surface area (Å²) in [5.74, 6) is 0.0864. The Morgan fingerprint density at radius 3 is 2.52 bits per heavy atom. The van der Waals surface area contributed by atoms with Gasteiger partial charge >= 0.3 is 0 Å². The van der Waals surface area contributed by atoms with Crippen molar-refractivity contribution in [2.75, 3.05) is 6.26 Å². The number of imide groups is 1. The van der Waals surface area contributed by atoms with Gasteiger partial charge in [0, 0.05) is 17.3 Å². The summed E-state index contributed by atoms with van der Waals surface area (Å²) < 4.78 is 0. The fourth-order valence-electron chi connectivity index (χ4n) is 4.09. The number of carbonyl (C=O) groups excluding carboxylic acids is 2. The van der Waals surface area contributed by atoms with Crippen molar-refractivity contribution in [3.8, 4) is 0 Å². The molecule has 3 unspecified atom stereocenters. The quantitative estimate of drug-likeness (QED) is 0.810. The van der Waals surface area contributed by atoms with Gasteiger partial charge in [-0.2, -0.15) is 11.8 Å². The van der Waals surface area contributed by atoms with Gasteiger partial charge in [-0.05, 0) is 38.4 Å². The van der Waals surface area contributed by atoms with Crippen LogP contribution in [0, 0.1) is 0 Å². The van der Waals surface area contributed by atoms with Gasteiger partial charge in [-0.25, -0.2) is 0 Å². The maximum atomic E-state index is 12.6. The number of likely N-dealkylation sites (tertiary alicyclic amines) is 1. The average Bonchev–Trinajstić information content (AvgIpc) is 3.05. The summed E-state index contributed by atoms with van der Waals surface area (Å²) in [6, 6.07) is 0.327. The lowest BCUT2D eigenvalue weighted by molar-refractivity contribution is -0.142. The maximum Gasteiger partial charge on any atom is 0.247 e. The summed E-state index contributed by atoms with van der Waals surface area (Å²) in [7, 11) is 0. The van der Waals surface area contributed by atoms with Crippen LogP contribution in [0.15, 0.2) is 0 Å². The van der Waals surface area contributed by atoms with Gasteiger partial charge in [0.15, 0.2) is 0 Å². The second-order valence-corrected chi connectivity index (χ2v) is 7.82. The van der Waals surface area contributed by atoms with E-state index in [1.807, 2.05) is 11.8 Å². The Labute approximate surface area is 131 Å². The summed E-state index contributed by atoms with van der Waals surface area (Å²) in [6.45, 7) is 0. The van der Waals surface area contributed by atoms with Crippen LogP contribution < -0.4 is 5.32 Å². The first-order chi connectivity index (χ1) is 10.2. The molecule has 0 bridgehead atoms. The molecule has 0 aromatic carbocycles. The zero-order chi connectivity index (χ0) is 14.8. The Morgan fingerprint density at radius 1 is 1.10 bits per heavy atom. The number of nitrogens with one attached hydrogen (secondary N) is 1. The van der Waals surface area contributed by atoms with Crippen molar-refractivity contribution < 1.29 is 9.59 Å². The van der Waals surface area contributed by atoms with Gasteiger partial charge in [-0.3, -0.25) is 14.5 Å². The van der Waals surface area contributed by atoms with Gasteiger partial charge in [0.2, 0.25) is 11.8 Å². The Balaban J connectivity index is 1.58. The molecule has 118 valence electrons. The summed E-state index contributed by atoms with van der Waals surface area (Å²) >= 11 is 1.92. The lowest BCUT2D eigenvalue weighted by Gasteiger charge is -2.30. The molecule has 0 radical (unpaired) electrons. The summed E-state index contributed by atoms with van der Waals surface area (Å²) in [5, 5.41) is 4.18. The minimum atomic E-state index is -0.259. The third kappa shape index (κ3) is 3.29. The van der Waals surface area contributed by atoms with E-state index in [1.165, 1.54) is 12.8 Å². The van der Waals surface area contributed by atoms with Crippen LogP contribution in [0.4, 0.5) is 0 Å². The van der Waals surface area contributed by atoms with E-state index in [-0.39, 0.29) is 23.9 Å². The zero-order valence-electron chi connectivity index (χ0n) is 12.8. The molecule has 1 saturated heterocycles. The number of carbonyl (C=O) groups is 2. The summed E-state index contributed by atoms with van der Waals surface area (Å²) in [6.07, 6.45) is 11.6. The molecule has 0 spiro atoms. The molecule has 3 atom stereocenters. The van der Waals surface area contributed by atoms with Crippen molar-refractivity contribution in [2.24, 2.45) is 0 Å². The highest BCUT2D eigenvalue weighted by Crippen LogP contribution is 2.31. The smallest absolute Gasteiger partial charge is 0.247 e. The van der Waals surface area contributed by atoms with E-state index < -0.39 is 0 Å². The van der Waals surface area contributed by atoms with E-state index in [0.29, 0.717) is 17.7 Å². The Hall–Kier alpha value is -0.550. The fourth-order valence-corrected chi connectivity index (χ4v) is 4.89. The average molecular weight is 310 g/mol. The van der Waals surface area contributed by atoms with E-state index in [4.69, 9.17) is 0 Å². The molecule has 1 heterocycles. The summed E-state index contributed by atoms with van der Waals surface area (Å²) in [5.41, 5.74) is 0. The molecule has 3 aliphatic rings. The monoisotopic (exact) mass is 310 g/mol. The second kappa shape index (κ2) is 6.69. The SMILES string of the molecule is CSC1CCC(NC2CC(=O)N(C3CCCCC3)C2=O)C1. The maximum absolute atomic E-state index is 12.6. The Kier molecular flexibility index (Phi) is 4.89. The first-order valence-corrected chi connectivity index (χ1v) is 9.62. The first kappa shape index (κ1) is 15.3. The Morgan fingerprint density at radius 2 is 1.86 bits per heavy atom. The Bertz CT molecular complexity index is 409. The van der Waals surface area contributed by atoms with Gasteiger partial charge in [0.1, 0.15) is 0 Å². The van der Waals surface area contributed by atoms with E-state index in [9.17, 15) is 9.59 Å². The van der Waals surface area contributed by atoms with E-state index in [1.54, 1.807) is 4.90 Å². The van der Waals surface area contributed by atoms with Crippen LogP contribution in [0.3, 0.4) is 0 Å². The number of amides is 2. The molecule has 0 aromatic rings. The highest BCUT2D eigenvalue weighted by molar-refractivity contribution is 7.99. The topological polar surface area (TPSA) is 49.4 Å². The van der Waals surface area contributed by atoms with E-state index >= 15 is 0 Å². The van der Waals surface area contributed by atoms with Crippen molar-refractivity contribution in [3.05, 3.63) is 0 Å². The number of hydrogen-bond donors (Lipinski definition) is 1. The number of thioether (sulfide) groups is 1. The number of nitrogens with zero attached hydrogens (tertiary/aromatic N) is 1. The predicted molar refractivity (Wildman–Crippen MR) is 85.2 cm³/mol. The zero-order valence-corrected chi connectivity index (χ0v) is 13.7. The van der Waals surface area contributed by atoms with Crippen LogP contribution in [0.1, 0.15) is 57.8 Å². The second-order valence-electron chi connectivity index (χ2n) is 6.68. The largest absolute Gasteiger partial charge is 0.303 e. The normalized spacial score (nSPS) is 34.9. The van der Waals surface area contributed by atoms with Crippen molar-refractivity contribution in [1.29, 1.82) is 0 Å². The molecule has 2 aliphatic carbocycles. The lowest BCUT2D eigenvalue weighted by Crippen LogP contribution is -2.46. The van der Waals surface area contributed by atoms with Crippen LogP contribution in [0.5, 0.6) is 0 Å². The molecule has 0 aromatic heterocycles. The molecule has 3 rings (SSSR count). The minimum Gasteiger partial charge on any atom is -0.303 e. The van der Waals surface area contributed by atoms with Gasteiger partial charge in [0.25, 0.3) is 0 Å². The van der Waals surface area contributed by atoms with Gasteiger partial charge < -0.3 is 5.32 Å². The fraction of sp³-hybridized carbons (Fsp3) is 0.875. The predicted octanol–water partition coefficient (Wildman–Crippen LogP) is 2.32. The molecule has 21 heavy (non-hydrogen) atoms. The van der Waals surface area contributed by atoms with Crippen molar-refractivity contribution >= 4 is 23.6 Å². The van der Waals surface area contributed by atoms with Crippen LogP contribution in [0.25, 0.3) is 0 Å². The molecule has 2 saturated carbocycles. The van der Waals surface area contributed by atoms with Crippen LogP contribution in [0.2, 0.25) is 0 Å². The molecule has 1 N–H and O–H groups in total. The highest BCUT2D eigenvalue weighted by Gasteiger charge is 2.43. The highest BCUT2D eigenvalue weighted by atomic mass is 32.2. The standard InChI is InChI=1S/C16H26N2O2S/c1-21-13-8-7-11(9-13)17-14-10-15(19)18(16(14)20)12-5-3-2-4-6-12/h11-14,17H,2-10H2,1H3. The molecule has 4 nitrogen and oxygen atoms in total. The summed E-state index contributed by atoms with van der Waals surface area (Å²) in [4.78, 5) is 26.4. The van der Waals surface area contributed by atoms with Crippen molar-refractivity contribution in [2.45, 2.75) is 81.2 Å². The molecule has 1 aliphatic heterocycles. The van der Waals surface area contributed by atoms with Crippen molar-refractivity contribution in [3.63, 3.8) is 0 Å². The molecule has 2 amide bonds. The third-order valence-electron chi connectivity index (χ3n) is 5.28. The molecule has 5 heteroatoms. The van der Waals surface area contributed by atoms with E-state index in [2.05, 4.69) is 11.6 Å². The van der Waals surface area contributed by atoms with E-state index in [0.717, 1.165) is 38.5 Å². The molecular formula is C16H26N2O2S. The van der Waals surface area contributed by atoms with Crippen LogP contribution in [-0.4, -0.2) is 46.3 Å². The molecule has 3 fully saturated rings. The van der Waals surface area contributed by atoms with Gasteiger partial charge in [0.05, 0.1) is 12.5 Å². The van der Waals surface area contributed by atoms with Crippen LogP contribution >= 0.6 is 11.8 Å². The third-order valence-corrected chi connectivity index (χ3v) is 6.37. The minimum absolute atomic E-state index is 0.0412. The number of hydrogen-bond acceptors (Lipinski definition) is 4. The lowest BCUT2D eigenvalue weighted by atomic mass is 9.94. The molecular weight excluding hydrogens is 284 g/mol. The van der Waals surface area contributed by atoms with Crippen molar-refractivity contribution in [1.82, 2.24) is 10.2 Å².